The van der Waals surface area contributed by atoms with Gasteiger partial charge in [-0.25, -0.2) is 4.79 Å². The Bertz CT molecular complexity index is 759. The standard InChI is InChI=1S/C14H9F2NO6S/c15-14(16)23-9-3-1-8(2-4-9)10(18)7-22-13(19)11-5-6-12(24-11)17(20)21/h1-6,14H,7H2. The molecule has 0 amide bonds. The second-order valence-corrected chi connectivity index (χ2v) is 5.36. The molecule has 24 heavy (non-hydrogen) atoms. The number of esters is 1. The first-order valence-electron chi connectivity index (χ1n) is 6.36. The van der Waals surface area contributed by atoms with Crippen LogP contribution in [-0.2, 0) is 4.74 Å². The lowest BCUT2D eigenvalue weighted by Crippen LogP contribution is -2.13. The van der Waals surface area contributed by atoms with Crippen molar-refractivity contribution >= 4 is 28.1 Å². The number of ketones is 1. The summed E-state index contributed by atoms with van der Waals surface area (Å²) in [7, 11) is 0. The molecule has 2 rings (SSSR count). The van der Waals surface area contributed by atoms with E-state index in [0.717, 1.165) is 6.07 Å². The maximum atomic E-state index is 12.0. The Kier molecular flexibility index (Phi) is 5.53. The zero-order chi connectivity index (χ0) is 17.7. The van der Waals surface area contributed by atoms with Crippen LogP contribution in [0.3, 0.4) is 0 Å². The summed E-state index contributed by atoms with van der Waals surface area (Å²) in [6.45, 7) is -3.55. The number of hydrogen-bond donors (Lipinski definition) is 0. The molecule has 0 fully saturated rings. The number of carbonyl (C=O) groups excluding carboxylic acids is 2. The number of nitrogens with zero attached hydrogens (tertiary/aromatic N) is 1. The first kappa shape index (κ1) is 17.5. The molecule has 126 valence electrons. The zero-order valence-electron chi connectivity index (χ0n) is 11.8. The average Bonchev–Trinajstić information content (AvgIpc) is 3.02. The number of ether oxygens (including phenoxy) is 2. The highest BCUT2D eigenvalue weighted by Gasteiger charge is 2.18. The van der Waals surface area contributed by atoms with Gasteiger partial charge in [0.25, 0.3) is 0 Å². The number of hydrogen-bond acceptors (Lipinski definition) is 7. The quantitative estimate of drug-likeness (QED) is 0.326. The van der Waals surface area contributed by atoms with Crippen molar-refractivity contribution < 1.29 is 32.8 Å². The van der Waals surface area contributed by atoms with Crippen molar-refractivity contribution in [2.24, 2.45) is 0 Å². The van der Waals surface area contributed by atoms with Crippen molar-refractivity contribution in [1.29, 1.82) is 0 Å². The lowest BCUT2D eigenvalue weighted by Gasteiger charge is -2.06. The van der Waals surface area contributed by atoms with E-state index in [2.05, 4.69) is 4.74 Å². The number of alkyl halides is 2. The molecule has 0 aliphatic rings. The third kappa shape index (κ3) is 4.56. The molecule has 0 spiro atoms. The molecular weight excluding hydrogens is 348 g/mol. The van der Waals surface area contributed by atoms with Crippen molar-refractivity contribution in [3.8, 4) is 5.75 Å². The number of benzene rings is 1. The minimum atomic E-state index is -2.97. The van der Waals surface area contributed by atoms with E-state index in [4.69, 9.17) is 4.74 Å². The van der Waals surface area contributed by atoms with Gasteiger partial charge in [-0.05, 0) is 30.3 Å². The summed E-state index contributed by atoms with van der Waals surface area (Å²) in [6, 6.07) is 7.26. The first-order chi connectivity index (χ1) is 11.4. The Hall–Kier alpha value is -2.88. The third-order valence-electron chi connectivity index (χ3n) is 2.71. The molecule has 7 nitrogen and oxygen atoms in total. The van der Waals surface area contributed by atoms with Gasteiger partial charge in [0.1, 0.15) is 10.6 Å². The third-order valence-corrected chi connectivity index (χ3v) is 3.73. The van der Waals surface area contributed by atoms with Crippen LogP contribution in [0.4, 0.5) is 13.8 Å². The van der Waals surface area contributed by atoms with Crippen LogP contribution < -0.4 is 4.74 Å². The van der Waals surface area contributed by atoms with Crippen molar-refractivity contribution in [2.75, 3.05) is 6.61 Å². The second-order valence-electron chi connectivity index (χ2n) is 4.30. The van der Waals surface area contributed by atoms with Gasteiger partial charge in [0.2, 0.25) is 0 Å². The van der Waals surface area contributed by atoms with E-state index < -0.39 is 29.9 Å². The SMILES string of the molecule is O=C(COC(=O)c1ccc([N+](=O)[O-])s1)c1ccc(OC(F)F)cc1. The largest absolute Gasteiger partial charge is 0.453 e. The van der Waals surface area contributed by atoms with Crippen molar-refractivity contribution in [3.05, 3.63) is 57.0 Å². The predicted molar refractivity (Wildman–Crippen MR) is 78.7 cm³/mol. The monoisotopic (exact) mass is 357 g/mol. The fourth-order valence-corrected chi connectivity index (χ4v) is 2.36. The Balaban J connectivity index is 1.92. The van der Waals surface area contributed by atoms with Gasteiger partial charge in [0.05, 0.1) is 4.92 Å². The van der Waals surface area contributed by atoms with Crippen LogP contribution in [0, 0.1) is 10.1 Å². The molecule has 1 aromatic carbocycles. The predicted octanol–water partition coefficient (Wildman–Crippen LogP) is 3.30. The van der Waals surface area contributed by atoms with Crippen LogP contribution >= 0.6 is 11.3 Å². The zero-order valence-corrected chi connectivity index (χ0v) is 12.6. The van der Waals surface area contributed by atoms with Crippen molar-refractivity contribution in [3.63, 3.8) is 0 Å². The molecule has 0 unspecified atom stereocenters. The molecular formula is C14H9F2NO6S. The highest BCUT2D eigenvalue weighted by molar-refractivity contribution is 7.17. The van der Waals surface area contributed by atoms with E-state index in [1.165, 1.54) is 30.3 Å². The number of rotatable bonds is 7. The maximum absolute atomic E-state index is 12.0. The summed E-state index contributed by atoms with van der Waals surface area (Å²) < 4.78 is 33.0. The van der Waals surface area contributed by atoms with Crippen molar-refractivity contribution in [2.45, 2.75) is 6.61 Å². The number of carbonyl (C=O) groups is 2. The van der Waals surface area contributed by atoms with Crippen LogP contribution in [0.25, 0.3) is 0 Å². The van der Waals surface area contributed by atoms with Gasteiger partial charge >= 0.3 is 17.6 Å². The van der Waals surface area contributed by atoms with Gasteiger partial charge in [-0.2, -0.15) is 8.78 Å². The minimum Gasteiger partial charge on any atom is -0.453 e. The lowest BCUT2D eigenvalue weighted by molar-refractivity contribution is -0.380. The summed E-state index contributed by atoms with van der Waals surface area (Å²) in [5.41, 5.74) is 0.140. The van der Waals surface area contributed by atoms with Gasteiger partial charge in [0, 0.05) is 11.6 Å². The number of nitro groups is 1. The summed E-state index contributed by atoms with van der Waals surface area (Å²) in [5.74, 6) is -1.53. The Morgan fingerprint density at radius 3 is 2.38 bits per heavy atom. The van der Waals surface area contributed by atoms with Gasteiger partial charge in [-0.15, -0.1) is 0 Å². The van der Waals surface area contributed by atoms with Gasteiger partial charge in [0.15, 0.2) is 12.4 Å². The summed E-state index contributed by atoms with van der Waals surface area (Å²) in [5, 5.41) is 10.3. The molecule has 0 aliphatic carbocycles. The molecule has 10 heteroatoms. The van der Waals surface area contributed by atoms with E-state index in [-0.39, 0.29) is 21.2 Å². The Labute approximate surface area is 137 Å². The fourth-order valence-electron chi connectivity index (χ4n) is 1.64. The molecule has 0 saturated carbocycles. The lowest BCUT2D eigenvalue weighted by atomic mass is 10.1. The van der Waals surface area contributed by atoms with Crippen molar-refractivity contribution in [1.82, 2.24) is 0 Å². The topological polar surface area (TPSA) is 95.7 Å². The molecule has 0 saturated heterocycles. The van der Waals surface area contributed by atoms with Crippen LogP contribution in [-0.4, -0.2) is 29.9 Å². The van der Waals surface area contributed by atoms with Crippen LogP contribution in [0.2, 0.25) is 0 Å². The molecule has 0 N–H and O–H groups in total. The number of thiophene rings is 1. The molecule has 1 aromatic heterocycles. The smallest absolute Gasteiger partial charge is 0.387 e. The minimum absolute atomic E-state index is 0.00446. The highest BCUT2D eigenvalue weighted by Crippen LogP contribution is 2.24. The molecule has 0 bridgehead atoms. The summed E-state index contributed by atoms with van der Waals surface area (Å²) in [6.07, 6.45) is 0. The Morgan fingerprint density at radius 1 is 1.17 bits per heavy atom. The van der Waals surface area contributed by atoms with E-state index in [1.54, 1.807) is 0 Å². The number of halogens is 2. The fraction of sp³-hybridized carbons (Fsp3) is 0.143. The highest BCUT2D eigenvalue weighted by atomic mass is 32.1. The maximum Gasteiger partial charge on any atom is 0.387 e. The van der Waals surface area contributed by atoms with Crippen LogP contribution in [0.15, 0.2) is 36.4 Å². The van der Waals surface area contributed by atoms with Gasteiger partial charge in [-0.3, -0.25) is 14.9 Å². The van der Waals surface area contributed by atoms with Crippen LogP contribution in [0.1, 0.15) is 20.0 Å². The molecule has 2 aromatic rings. The Morgan fingerprint density at radius 2 is 1.83 bits per heavy atom. The summed E-state index contributed by atoms with van der Waals surface area (Å²) in [4.78, 5) is 33.4. The normalized spacial score (nSPS) is 10.5. The van der Waals surface area contributed by atoms with Gasteiger partial charge < -0.3 is 9.47 Å². The van der Waals surface area contributed by atoms with E-state index >= 15 is 0 Å². The molecule has 1 heterocycles. The van der Waals surface area contributed by atoms with Crippen LogP contribution in [0.5, 0.6) is 5.75 Å². The van der Waals surface area contributed by atoms with E-state index in [0.29, 0.717) is 11.3 Å². The average molecular weight is 357 g/mol. The van der Waals surface area contributed by atoms with E-state index in [9.17, 15) is 28.5 Å². The molecule has 0 aliphatic heterocycles. The van der Waals surface area contributed by atoms with Gasteiger partial charge in [-0.1, -0.05) is 11.3 Å². The second kappa shape index (κ2) is 7.59. The number of Topliss-reactive ketones (excluding diaryl/α,β-unsaturated/α-hetero) is 1. The first-order valence-corrected chi connectivity index (χ1v) is 7.18. The summed E-state index contributed by atoms with van der Waals surface area (Å²) >= 11 is 0.632. The molecule has 0 radical (unpaired) electrons. The van der Waals surface area contributed by atoms with E-state index in [1.807, 2.05) is 0 Å². The molecule has 0 atom stereocenters.